The number of fused-ring (bicyclic) bond motifs is 36. The maximum atomic E-state index is 7.64. The number of nitrogens with zero attached hydrogens (tertiary/aromatic N) is 4. The Bertz CT molecular complexity index is 9580. The van der Waals surface area contributed by atoms with E-state index in [2.05, 4.69) is 462 Å². The Morgan fingerprint density at radius 2 is 0.529 bits per heavy atom. The summed E-state index contributed by atoms with van der Waals surface area (Å²) in [5.74, 6) is 1.76. The largest absolute Gasteiger partial charge is 0.456 e. The minimum atomic E-state index is -0.875. The zero-order valence-corrected chi connectivity index (χ0v) is 74.6. The molecule has 26 aromatic rings. The first-order chi connectivity index (χ1) is 67.5. The Morgan fingerprint density at radius 3 is 1.04 bits per heavy atom. The molecule has 634 valence electrons. The van der Waals surface area contributed by atoms with Crippen LogP contribution in [0, 0.1) is 0 Å². The lowest BCUT2D eigenvalue weighted by Crippen LogP contribution is -2.26. The van der Waals surface area contributed by atoms with Gasteiger partial charge in [-0.3, -0.25) is 0 Å². The van der Waals surface area contributed by atoms with Gasteiger partial charge in [0.15, 0.2) is 11.2 Å². The van der Waals surface area contributed by atoms with Gasteiger partial charge in [-0.05, 0) is 243 Å². The molecule has 8 nitrogen and oxygen atoms in total. The van der Waals surface area contributed by atoms with Crippen molar-refractivity contribution in [2.75, 3.05) is 19.6 Å². The molecule has 0 saturated heterocycles. The second kappa shape index (κ2) is 28.6. The highest BCUT2D eigenvalue weighted by Crippen LogP contribution is 2.70. The minimum Gasteiger partial charge on any atom is -0.456 e. The third-order valence-corrected chi connectivity index (χ3v) is 31.8. The fourth-order valence-electron chi connectivity index (χ4n) is 24.0. The lowest BCUT2D eigenvalue weighted by molar-refractivity contribution is 0.628. The van der Waals surface area contributed by atoms with Crippen LogP contribution in [0.1, 0.15) is 44.5 Å². The minimum absolute atomic E-state index is 0.766. The molecular weight excluding hydrogens is 1700 g/mol. The summed E-state index contributed by atoms with van der Waals surface area (Å²) < 4.78 is 34.1. The fourth-order valence-corrected chi connectivity index (χ4v) is 26.4. The van der Waals surface area contributed by atoms with E-state index in [0.29, 0.717) is 0 Å². The van der Waals surface area contributed by atoms with Gasteiger partial charge in [0.05, 0.1) is 43.0 Å². The molecule has 0 saturated carbocycles. The topological polar surface area (TPSA) is 65.5 Å². The monoisotopic (exact) mass is 1770 g/mol. The van der Waals surface area contributed by atoms with Gasteiger partial charge >= 0.3 is 0 Å². The van der Waals surface area contributed by atoms with Gasteiger partial charge in [0, 0.05) is 131 Å². The van der Waals surface area contributed by atoms with Crippen molar-refractivity contribution in [2.45, 2.75) is 10.8 Å². The van der Waals surface area contributed by atoms with Crippen LogP contribution in [0.3, 0.4) is 0 Å². The van der Waals surface area contributed by atoms with Crippen LogP contribution >= 0.6 is 22.7 Å². The fraction of sp³-hybridized carbons (Fsp3) is 0.0159. The molecule has 4 aliphatic rings. The van der Waals surface area contributed by atoms with Gasteiger partial charge in [-0.25, -0.2) is 0 Å². The summed E-state index contributed by atoms with van der Waals surface area (Å²) in [5, 5.41) is 11.2. The summed E-state index contributed by atoms with van der Waals surface area (Å²) in [6, 6.07) is 165. The zero-order valence-electron chi connectivity index (χ0n) is 73.0. The van der Waals surface area contributed by atoms with Crippen molar-refractivity contribution in [2.24, 2.45) is 0 Å². The lowest BCUT2D eigenvalue weighted by Gasteiger charge is -2.33. The van der Waals surface area contributed by atoms with Crippen LogP contribution in [0.15, 0.2) is 467 Å². The Kier molecular flexibility index (Phi) is 15.9. The Labute approximate surface area is 788 Å². The van der Waals surface area contributed by atoms with Gasteiger partial charge in [0.1, 0.15) is 33.9 Å². The SMILES string of the molecule is c1ccc(N(c2ccc3c(c2)C2(c4ccccc4-c4ccc(N(c5ccccc5)c5cccc6c5oc5cccc(-c7cc(N(c8ccccc8)c8ccc9c(c8)C8(c%10ccccc%10-c%10ccc(N(c%11ccccc%11)c%11cccc%12c%11sc%11ccccc%11%12)cc%108)c8c-9oc9ccccc89)c8sc9ccccc9c8c7)c56)cc42)c2c-3oc3ccccc23)c2cccc3c2oc2ccccc23)cc1. The van der Waals surface area contributed by atoms with E-state index in [0.717, 1.165) is 201 Å². The molecule has 0 N–H and O–H groups in total. The first kappa shape index (κ1) is 75.4. The molecule has 0 amide bonds. The molecule has 0 bridgehead atoms. The summed E-state index contributed by atoms with van der Waals surface area (Å²) in [6.07, 6.45) is 0. The number of thiophene rings is 2. The van der Waals surface area contributed by atoms with Crippen LogP contribution in [-0.2, 0) is 10.8 Å². The van der Waals surface area contributed by atoms with Gasteiger partial charge in [0.2, 0.25) is 0 Å². The third kappa shape index (κ3) is 10.4. The quantitative estimate of drug-likeness (QED) is 0.113. The molecule has 10 heteroatoms. The third-order valence-electron chi connectivity index (χ3n) is 29.4. The maximum Gasteiger partial charge on any atom is 0.159 e. The predicted octanol–water partition coefficient (Wildman–Crippen LogP) is 35.9. The molecule has 2 spiro atoms. The van der Waals surface area contributed by atoms with Crippen molar-refractivity contribution < 1.29 is 17.7 Å². The number of para-hydroxylation sites is 9. The summed E-state index contributed by atoms with van der Waals surface area (Å²) in [6.45, 7) is 0. The van der Waals surface area contributed by atoms with Crippen molar-refractivity contribution in [3.63, 3.8) is 0 Å². The van der Waals surface area contributed by atoms with E-state index in [-0.39, 0.29) is 0 Å². The molecular formula is C126H74N4O4S2. The highest BCUT2D eigenvalue weighted by atomic mass is 32.1. The van der Waals surface area contributed by atoms with E-state index in [1.54, 1.807) is 0 Å². The molecule has 4 aliphatic carbocycles. The van der Waals surface area contributed by atoms with Crippen LogP contribution in [0.25, 0.3) is 162 Å². The zero-order chi connectivity index (χ0) is 88.7. The van der Waals surface area contributed by atoms with E-state index >= 15 is 0 Å². The Hall–Kier alpha value is -17.3. The molecule has 0 fully saturated rings. The number of benzene rings is 20. The van der Waals surface area contributed by atoms with E-state index in [1.165, 1.54) is 73.7 Å². The molecule has 2 unspecified atom stereocenters. The molecule has 20 aromatic carbocycles. The highest BCUT2D eigenvalue weighted by molar-refractivity contribution is 7.27. The Morgan fingerprint density at radius 1 is 0.191 bits per heavy atom. The van der Waals surface area contributed by atoms with Crippen molar-refractivity contribution >= 4 is 197 Å². The Balaban J connectivity index is 0.603. The van der Waals surface area contributed by atoms with E-state index in [1.807, 2.05) is 28.7 Å². The summed E-state index contributed by atoms with van der Waals surface area (Å²) in [5.41, 5.74) is 33.7. The van der Waals surface area contributed by atoms with Gasteiger partial charge in [-0.15, -0.1) is 22.7 Å². The number of rotatable bonds is 13. The summed E-state index contributed by atoms with van der Waals surface area (Å²) >= 11 is 3.71. The number of furan rings is 4. The van der Waals surface area contributed by atoms with Gasteiger partial charge < -0.3 is 37.3 Å². The van der Waals surface area contributed by atoms with Crippen LogP contribution in [0.4, 0.5) is 68.2 Å². The maximum absolute atomic E-state index is 7.64. The van der Waals surface area contributed by atoms with Crippen LogP contribution in [-0.4, -0.2) is 0 Å². The standard InChI is InChI=1S/C126H74N4O4S2/c1-5-31-76(32-6-1)127(106-52-27-47-92-89-41-15-22-55-110(89)131-119(92)106)81-63-67-94-104(73-81)125(117-96-44-16-23-56-111(96)132-121(94)117)100-50-20-13-39-85(100)87-65-61-80(71-102(87)125)128(77-33-7-2-8-34-77)107-53-29-49-98-116-84(46-30-58-113(116)134-120(98)107)75-69-99-91-43-19-26-60-115(91)136-124(99)109(70-75)130(79-37-11-4-12-38-79)83-64-68-95-105(74-83)126(118-97-45-17-24-57-112(97)133-122(95)118)101-51-21-14-40-86(101)88-66-62-82(72-103(88)126)129(78-35-9-3-10-36-78)108-54-28-48-93-90-42-18-25-59-114(90)135-123(93)108/h1-74H. The number of hydrogen-bond acceptors (Lipinski definition) is 10. The molecule has 2 atom stereocenters. The highest BCUT2D eigenvalue weighted by Gasteiger charge is 2.57. The van der Waals surface area contributed by atoms with Crippen molar-refractivity contribution in [1.29, 1.82) is 0 Å². The van der Waals surface area contributed by atoms with Gasteiger partial charge in [-0.1, -0.05) is 273 Å². The normalized spacial score (nSPS) is 14.7. The molecule has 0 aliphatic heterocycles. The first-order valence-corrected chi connectivity index (χ1v) is 48.0. The van der Waals surface area contributed by atoms with Crippen LogP contribution < -0.4 is 19.6 Å². The number of hydrogen-bond donors (Lipinski definition) is 0. The predicted molar refractivity (Wildman–Crippen MR) is 563 cm³/mol. The van der Waals surface area contributed by atoms with E-state index in [9.17, 15) is 0 Å². The van der Waals surface area contributed by atoms with Crippen LogP contribution in [0.2, 0.25) is 0 Å². The molecule has 6 heterocycles. The second-order valence-corrected chi connectivity index (χ2v) is 38.3. The van der Waals surface area contributed by atoms with Crippen molar-refractivity contribution in [3.05, 3.63) is 493 Å². The molecule has 0 radical (unpaired) electrons. The van der Waals surface area contributed by atoms with E-state index < -0.39 is 10.8 Å². The summed E-state index contributed by atoms with van der Waals surface area (Å²) in [4.78, 5) is 9.79. The summed E-state index contributed by atoms with van der Waals surface area (Å²) in [7, 11) is 0. The molecule has 136 heavy (non-hydrogen) atoms. The lowest BCUT2D eigenvalue weighted by atomic mass is 9.70. The van der Waals surface area contributed by atoms with Crippen LogP contribution in [0.5, 0.6) is 0 Å². The molecule has 6 aromatic heterocycles. The first-order valence-electron chi connectivity index (χ1n) is 46.4. The smallest absolute Gasteiger partial charge is 0.159 e. The average molecular weight is 1770 g/mol. The second-order valence-electron chi connectivity index (χ2n) is 36.2. The number of anilines is 12. The molecule has 30 rings (SSSR count). The van der Waals surface area contributed by atoms with Gasteiger partial charge in [-0.2, -0.15) is 0 Å². The van der Waals surface area contributed by atoms with Crippen molar-refractivity contribution in [3.8, 4) is 56.0 Å². The van der Waals surface area contributed by atoms with E-state index in [4.69, 9.17) is 17.7 Å². The van der Waals surface area contributed by atoms with Crippen molar-refractivity contribution in [1.82, 2.24) is 0 Å². The van der Waals surface area contributed by atoms with Gasteiger partial charge in [0.25, 0.3) is 0 Å². The average Bonchev–Trinajstić information content (AvgIpc) is 1.49.